The second-order valence-corrected chi connectivity index (χ2v) is 17.8. The van der Waals surface area contributed by atoms with E-state index in [1.165, 1.54) is 116 Å². The van der Waals surface area contributed by atoms with Crippen molar-refractivity contribution in [1.29, 1.82) is 0 Å². The fourth-order valence-electron chi connectivity index (χ4n) is 8.19. The molecule has 1 unspecified atom stereocenters. The number of carbonyl (C=O) groups is 4. The Kier molecular flexibility index (Phi) is 43.9. The minimum Gasteiger partial charge on any atom is -0.481 e. The average molecular weight is 868 g/mol. The van der Waals surface area contributed by atoms with Gasteiger partial charge >= 0.3 is 24.1 Å². The predicted octanol–water partition coefficient (Wildman–Crippen LogP) is 14.8. The van der Waals surface area contributed by atoms with Crippen LogP contribution in [0.3, 0.4) is 0 Å². The highest BCUT2D eigenvalue weighted by molar-refractivity contribution is 5.69. The summed E-state index contributed by atoms with van der Waals surface area (Å²) in [6.45, 7) is 9.68. The van der Waals surface area contributed by atoms with E-state index < -0.39 is 18.1 Å². The van der Waals surface area contributed by atoms with Gasteiger partial charge in [-0.1, -0.05) is 181 Å². The molecule has 0 radical (unpaired) electrons. The van der Waals surface area contributed by atoms with Crippen molar-refractivity contribution in [2.75, 3.05) is 26.2 Å². The highest BCUT2D eigenvalue weighted by Crippen LogP contribution is 2.21. The first-order valence-electron chi connectivity index (χ1n) is 25.9. The van der Waals surface area contributed by atoms with Gasteiger partial charge in [-0.3, -0.25) is 14.4 Å². The van der Waals surface area contributed by atoms with E-state index in [2.05, 4.69) is 25.7 Å². The Morgan fingerprint density at radius 3 is 1.11 bits per heavy atom. The number of rotatable bonds is 48. The molecule has 0 aromatic carbocycles. The molecule has 0 heterocycles. The van der Waals surface area contributed by atoms with E-state index in [0.717, 1.165) is 122 Å². The molecule has 0 aromatic rings. The fourth-order valence-corrected chi connectivity index (χ4v) is 8.19. The number of unbranched alkanes of at least 4 members (excludes halogenated alkanes) is 27. The number of ether oxygens (including phenoxy) is 3. The number of nitrogens with zero attached hydrogens (tertiary/aromatic N) is 1. The van der Waals surface area contributed by atoms with Gasteiger partial charge in [0.05, 0.1) is 6.61 Å². The lowest BCUT2D eigenvalue weighted by molar-refractivity contribution is -0.150. The average Bonchev–Trinajstić information content (AvgIpc) is 3.23. The maximum absolute atomic E-state index is 13.3. The van der Waals surface area contributed by atoms with E-state index in [-0.39, 0.29) is 37.4 Å². The number of hydrogen-bond acceptors (Lipinski definition) is 8. The molecule has 0 saturated heterocycles. The molecule has 0 amide bonds. The summed E-state index contributed by atoms with van der Waals surface area (Å²) in [4.78, 5) is 49.7. The van der Waals surface area contributed by atoms with Crippen LogP contribution in [0.2, 0.25) is 0 Å². The first-order valence-corrected chi connectivity index (χ1v) is 25.9. The van der Waals surface area contributed by atoms with Gasteiger partial charge in [-0.05, 0) is 77.3 Å². The molecule has 0 saturated carbocycles. The van der Waals surface area contributed by atoms with Gasteiger partial charge in [0, 0.05) is 25.8 Å². The van der Waals surface area contributed by atoms with E-state index in [0.29, 0.717) is 13.0 Å². The highest BCUT2D eigenvalue weighted by atomic mass is 16.7. The van der Waals surface area contributed by atoms with Crippen LogP contribution in [0, 0.1) is 0 Å². The molecule has 0 aliphatic heterocycles. The van der Waals surface area contributed by atoms with Crippen LogP contribution in [-0.4, -0.2) is 77.6 Å². The Morgan fingerprint density at radius 1 is 0.410 bits per heavy atom. The van der Waals surface area contributed by atoms with E-state index in [9.17, 15) is 19.2 Å². The molecule has 0 aliphatic carbocycles. The third kappa shape index (κ3) is 44.1. The van der Waals surface area contributed by atoms with Crippen LogP contribution in [0.5, 0.6) is 0 Å². The highest BCUT2D eigenvalue weighted by Gasteiger charge is 2.20. The third-order valence-electron chi connectivity index (χ3n) is 12.2. The molecule has 0 aromatic heterocycles. The maximum Gasteiger partial charge on any atom is 0.508 e. The minimum absolute atomic E-state index is 0.0822. The van der Waals surface area contributed by atoms with Gasteiger partial charge in [0.15, 0.2) is 0 Å². The number of carboxylic acid groups (broad SMARTS) is 2. The van der Waals surface area contributed by atoms with Crippen LogP contribution in [0.1, 0.15) is 265 Å². The Balaban J connectivity index is 4.92. The van der Waals surface area contributed by atoms with Gasteiger partial charge in [0.25, 0.3) is 0 Å². The van der Waals surface area contributed by atoms with Crippen molar-refractivity contribution in [3.63, 3.8) is 0 Å². The minimum atomic E-state index is -0.702. The standard InChI is InChI=1S/C51H97NO9/c1-4-7-8-9-10-11-16-23-28-33-39-47(61-51(58)59-45-36-44-52(5-2)6-3)42-43-50(57)60-46(37-31-26-21-17-12-14-19-24-29-34-40-48(53)54)38-32-27-22-18-13-15-20-25-30-35-41-49(55)56/h46-47H,4-45H2,1-3H3,(H,53,54)(H,55,56). The van der Waals surface area contributed by atoms with Crippen molar-refractivity contribution in [3.05, 3.63) is 0 Å². The van der Waals surface area contributed by atoms with E-state index in [1.54, 1.807) is 0 Å². The van der Waals surface area contributed by atoms with Gasteiger partial charge in [-0.2, -0.15) is 0 Å². The monoisotopic (exact) mass is 868 g/mol. The molecule has 10 nitrogen and oxygen atoms in total. The van der Waals surface area contributed by atoms with E-state index in [4.69, 9.17) is 24.4 Å². The van der Waals surface area contributed by atoms with Crippen molar-refractivity contribution >= 4 is 24.1 Å². The SMILES string of the molecule is CCCCCCCCCCCCC(CCC(=O)OC(CCCCCCCCCCCCC(=O)O)CCCCCCCCCCCCC(=O)O)OC(=O)OCCCN(CC)CC. The van der Waals surface area contributed by atoms with Crippen LogP contribution in [0.4, 0.5) is 4.79 Å². The molecule has 360 valence electrons. The molecule has 0 spiro atoms. The molecule has 2 N–H and O–H groups in total. The Bertz CT molecular complexity index is 966. The molecule has 0 fully saturated rings. The van der Waals surface area contributed by atoms with Crippen molar-refractivity contribution in [2.24, 2.45) is 0 Å². The zero-order chi connectivity index (χ0) is 44.9. The van der Waals surface area contributed by atoms with Gasteiger partial charge in [0.2, 0.25) is 0 Å². The lowest BCUT2D eigenvalue weighted by Crippen LogP contribution is -2.26. The van der Waals surface area contributed by atoms with Crippen molar-refractivity contribution in [2.45, 2.75) is 277 Å². The van der Waals surface area contributed by atoms with Crippen molar-refractivity contribution in [3.8, 4) is 0 Å². The largest absolute Gasteiger partial charge is 0.508 e. The summed E-state index contributed by atoms with van der Waals surface area (Å²) in [7, 11) is 0. The van der Waals surface area contributed by atoms with E-state index in [1.807, 2.05) is 0 Å². The first-order chi connectivity index (χ1) is 29.7. The molecule has 61 heavy (non-hydrogen) atoms. The van der Waals surface area contributed by atoms with Crippen LogP contribution in [0.25, 0.3) is 0 Å². The van der Waals surface area contributed by atoms with Gasteiger partial charge in [-0.25, -0.2) is 4.79 Å². The molecule has 10 heteroatoms. The molecular weight excluding hydrogens is 771 g/mol. The Hall–Kier alpha value is -2.36. The Labute approximate surface area is 374 Å². The van der Waals surface area contributed by atoms with E-state index >= 15 is 0 Å². The van der Waals surface area contributed by atoms with Crippen LogP contribution >= 0.6 is 0 Å². The van der Waals surface area contributed by atoms with Crippen LogP contribution in [0.15, 0.2) is 0 Å². The van der Waals surface area contributed by atoms with Gasteiger partial charge in [-0.15, -0.1) is 0 Å². The normalized spacial score (nSPS) is 12.0. The number of esters is 1. The smallest absolute Gasteiger partial charge is 0.481 e. The lowest BCUT2D eigenvalue weighted by Gasteiger charge is -2.21. The predicted molar refractivity (Wildman–Crippen MR) is 250 cm³/mol. The van der Waals surface area contributed by atoms with Gasteiger partial charge in [0.1, 0.15) is 12.2 Å². The van der Waals surface area contributed by atoms with Gasteiger partial charge < -0.3 is 29.3 Å². The molecule has 0 aliphatic rings. The Morgan fingerprint density at radius 2 is 0.754 bits per heavy atom. The zero-order valence-corrected chi connectivity index (χ0v) is 40.1. The summed E-state index contributed by atoms with van der Waals surface area (Å²) in [5.74, 6) is -1.60. The second-order valence-electron chi connectivity index (χ2n) is 17.8. The topological polar surface area (TPSA) is 140 Å². The maximum atomic E-state index is 13.3. The lowest BCUT2D eigenvalue weighted by atomic mass is 10.0. The molecule has 0 bridgehead atoms. The van der Waals surface area contributed by atoms with Crippen molar-refractivity contribution < 1.29 is 43.6 Å². The number of carboxylic acids is 2. The summed E-state index contributed by atoms with van der Waals surface area (Å²) in [5.41, 5.74) is 0. The molecule has 0 rings (SSSR count). The zero-order valence-electron chi connectivity index (χ0n) is 40.1. The number of hydrogen-bond donors (Lipinski definition) is 2. The molecule has 1 atom stereocenters. The summed E-state index contributed by atoms with van der Waals surface area (Å²) in [6, 6.07) is 0. The van der Waals surface area contributed by atoms with Crippen LogP contribution < -0.4 is 0 Å². The fraction of sp³-hybridized carbons (Fsp3) is 0.922. The summed E-state index contributed by atoms with van der Waals surface area (Å²) in [6.07, 6.45) is 38.0. The third-order valence-corrected chi connectivity index (χ3v) is 12.2. The van der Waals surface area contributed by atoms with Crippen LogP contribution in [-0.2, 0) is 28.6 Å². The number of aliphatic carboxylic acids is 2. The van der Waals surface area contributed by atoms with Crippen molar-refractivity contribution in [1.82, 2.24) is 4.90 Å². The summed E-state index contributed by atoms with van der Waals surface area (Å²) >= 11 is 0. The summed E-state index contributed by atoms with van der Waals surface area (Å²) in [5, 5.41) is 17.6. The summed E-state index contributed by atoms with van der Waals surface area (Å²) < 4.78 is 17.5. The number of carbonyl (C=O) groups excluding carboxylic acids is 2. The first kappa shape index (κ1) is 58.6. The quantitative estimate of drug-likeness (QED) is 0.0449. The molecular formula is C51H97NO9. The second kappa shape index (κ2) is 45.7.